The summed E-state index contributed by atoms with van der Waals surface area (Å²) in [6.07, 6.45) is 0. The van der Waals surface area contributed by atoms with E-state index in [4.69, 9.17) is 15.0 Å². The molecule has 0 radical (unpaired) electrons. The van der Waals surface area contributed by atoms with E-state index in [2.05, 4.69) is 0 Å². The van der Waals surface area contributed by atoms with Crippen molar-refractivity contribution in [2.24, 2.45) is 5.14 Å². The van der Waals surface area contributed by atoms with E-state index in [1.807, 2.05) is 17.5 Å². The molecular formula is C12H11NO5S2. The number of aromatic carboxylic acids is 1. The van der Waals surface area contributed by atoms with Crippen molar-refractivity contribution in [1.82, 2.24) is 0 Å². The lowest BCUT2D eigenvalue weighted by molar-refractivity contribution is 0.0691. The molecule has 20 heavy (non-hydrogen) atoms. The maximum absolute atomic E-state index is 11.2. The van der Waals surface area contributed by atoms with E-state index in [1.165, 1.54) is 23.5 Å². The Morgan fingerprint density at radius 3 is 2.65 bits per heavy atom. The third-order valence-electron chi connectivity index (χ3n) is 2.46. The van der Waals surface area contributed by atoms with E-state index >= 15 is 0 Å². The number of hydrogen-bond acceptors (Lipinski definition) is 5. The Balaban J connectivity index is 2.31. The highest BCUT2D eigenvalue weighted by atomic mass is 32.2. The maximum Gasteiger partial charge on any atom is 0.339 e. The van der Waals surface area contributed by atoms with Crippen molar-refractivity contribution in [1.29, 1.82) is 0 Å². The molecule has 0 saturated carbocycles. The SMILES string of the molecule is NS(=O)(=O)c1ccc(OCc2cccs2)c(C(=O)O)c1. The van der Waals surface area contributed by atoms with Crippen molar-refractivity contribution in [3.05, 3.63) is 46.2 Å². The number of rotatable bonds is 5. The maximum atomic E-state index is 11.2. The van der Waals surface area contributed by atoms with Crippen LogP contribution in [0, 0.1) is 0 Å². The lowest BCUT2D eigenvalue weighted by Crippen LogP contribution is -2.13. The van der Waals surface area contributed by atoms with Crippen molar-refractivity contribution < 1.29 is 23.1 Å². The van der Waals surface area contributed by atoms with Gasteiger partial charge in [0.2, 0.25) is 10.0 Å². The Kier molecular flexibility index (Phi) is 4.07. The summed E-state index contributed by atoms with van der Waals surface area (Å²) in [5.41, 5.74) is -0.243. The fourth-order valence-corrected chi connectivity index (χ4v) is 2.68. The second kappa shape index (κ2) is 5.61. The summed E-state index contributed by atoms with van der Waals surface area (Å²) in [7, 11) is -3.95. The average molecular weight is 313 g/mol. The molecule has 8 heteroatoms. The molecule has 0 spiro atoms. The molecule has 0 aliphatic carbocycles. The first-order valence-corrected chi connectivity index (χ1v) is 7.86. The zero-order valence-corrected chi connectivity index (χ0v) is 11.8. The highest BCUT2D eigenvalue weighted by Gasteiger charge is 2.17. The first-order valence-electron chi connectivity index (χ1n) is 5.43. The third kappa shape index (κ3) is 3.35. The topological polar surface area (TPSA) is 107 Å². The summed E-state index contributed by atoms with van der Waals surface area (Å²) in [5, 5.41) is 15.9. The minimum absolute atomic E-state index is 0.0956. The zero-order chi connectivity index (χ0) is 14.8. The number of primary sulfonamides is 1. The zero-order valence-electron chi connectivity index (χ0n) is 10.1. The van der Waals surface area contributed by atoms with Gasteiger partial charge in [0.1, 0.15) is 17.9 Å². The second-order valence-electron chi connectivity index (χ2n) is 3.88. The van der Waals surface area contributed by atoms with Gasteiger partial charge < -0.3 is 9.84 Å². The van der Waals surface area contributed by atoms with Crippen molar-refractivity contribution in [3.8, 4) is 5.75 Å². The minimum Gasteiger partial charge on any atom is -0.487 e. The summed E-state index contributed by atoms with van der Waals surface area (Å²) in [5.74, 6) is -1.19. The van der Waals surface area contributed by atoms with Gasteiger partial charge in [0.05, 0.1) is 4.90 Å². The van der Waals surface area contributed by atoms with Crippen molar-refractivity contribution in [2.75, 3.05) is 0 Å². The van der Waals surface area contributed by atoms with Crippen LogP contribution < -0.4 is 9.88 Å². The van der Waals surface area contributed by atoms with Crippen molar-refractivity contribution in [3.63, 3.8) is 0 Å². The van der Waals surface area contributed by atoms with Gasteiger partial charge in [0.15, 0.2) is 0 Å². The Morgan fingerprint density at radius 2 is 2.10 bits per heavy atom. The number of carboxylic acids is 1. The van der Waals surface area contributed by atoms with Crippen LogP contribution >= 0.6 is 11.3 Å². The molecule has 0 aliphatic rings. The summed E-state index contributed by atoms with van der Waals surface area (Å²) in [6.45, 7) is 0.215. The van der Waals surface area contributed by atoms with Gasteiger partial charge in [-0.1, -0.05) is 6.07 Å². The third-order valence-corrected chi connectivity index (χ3v) is 4.22. The van der Waals surface area contributed by atoms with Crippen LogP contribution in [-0.4, -0.2) is 19.5 Å². The smallest absolute Gasteiger partial charge is 0.339 e. The van der Waals surface area contributed by atoms with E-state index in [0.29, 0.717) is 0 Å². The van der Waals surface area contributed by atoms with Crippen LogP contribution in [0.1, 0.15) is 15.2 Å². The molecule has 0 saturated heterocycles. The quantitative estimate of drug-likeness (QED) is 0.873. The molecule has 0 amide bonds. The highest BCUT2D eigenvalue weighted by molar-refractivity contribution is 7.89. The number of hydrogen-bond donors (Lipinski definition) is 2. The molecule has 1 aromatic carbocycles. The average Bonchev–Trinajstić information content (AvgIpc) is 2.88. The molecule has 3 N–H and O–H groups in total. The van der Waals surface area contributed by atoms with E-state index in [0.717, 1.165) is 10.9 Å². The standard InChI is InChI=1S/C12H11NO5S2/c13-20(16,17)9-3-4-11(10(6-9)12(14)15)18-7-8-2-1-5-19-8/h1-6H,7H2,(H,14,15)(H2,13,16,17). The lowest BCUT2D eigenvalue weighted by Gasteiger charge is -2.09. The van der Waals surface area contributed by atoms with Crippen LogP contribution in [0.2, 0.25) is 0 Å². The summed E-state index contributed by atoms with van der Waals surface area (Å²) in [4.78, 5) is 11.8. The van der Waals surface area contributed by atoms with Gasteiger partial charge in [0, 0.05) is 4.88 Å². The van der Waals surface area contributed by atoms with Crippen molar-refractivity contribution >= 4 is 27.3 Å². The predicted octanol–water partition coefficient (Wildman–Crippen LogP) is 1.67. The first-order chi connectivity index (χ1) is 9.38. The van der Waals surface area contributed by atoms with E-state index in [9.17, 15) is 13.2 Å². The van der Waals surface area contributed by atoms with Crippen LogP contribution in [0.25, 0.3) is 0 Å². The molecule has 6 nitrogen and oxygen atoms in total. The molecule has 0 unspecified atom stereocenters. The number of nitrogens with two attached hydrogens (primary N) is 1. The number of carbonyl (C=O) groups is 1. The number of benzene rings is 1. The number of sulfonamides is 1. The summed E-state index contributed by atoms with van der Waals surface area (Å²) < 4.78 is 27.8. The molecule has 2 rings (SSSR count). The lowest BCUT2D eigenvalue weighted by atomic mass is 10.2. The Hall–Kier alpha value is -1.90. The Labute approximate surface area is 119 Å². The van der Waals surface area contributed by atoms with E-state index < -0.39 is 16.0 Å². The van der Waals surface area contributed by atoms with Crippen LogP contribution in [0.4, 0.5) is 0 Å². The Bertz CT molecular complexity index is 722. The van der Waals surface area contributed by atoms with Gasteiger partial charge >= 0.3 is 5.97 Å². The van der Waals surface area contributed by atoms with Gasteiger partial charge in [-0.2, -0.15) is 0 Å². The van der Waals surface area contributed by atoms with Crippen LogP contribution in [-0.2, 0) is 16.6 Å². The molecular weight excluding hydrogens is 302 g/mol. The molecule has 0 bridgehead atoms. The monoisotopic (exact) mass is 313 g/mol. The van der Waals surface area contributed by atoms with Gasteiger partial charge in [-0.3, -0.25) is 0 Å². The fraction of sp³-hybridized carbons (Fsp3) is 0.0833. The number of carboxylic acid groups (broad SMARTS) is 1. The highest BCUT2D eigenvalue weighted by Crippen LogP contribution is 2.24. The molecule has 0 atom stereocenters. The van der Waals surface area contributed by atoms with E-state index in [-0.39, 0.29) is 22.8 Å². The normalized spacial score (nSPS) is 11.2. The predicted molar refractivity (Wildman–Crippen MR) is 73.4 cm³/mol. The molecule has 106 valence electrons. The molecule has 2 aromatic rings. The van der Waals surface area contributed by atoms with Crippen LogP contribution in [0.5, 0.6) is 5.75 Å². The molecule has 0 aliphatic heterocycles. The number of thiophene rings is 1. The fourth-order valence-electron chi connectivity index (χ4n) is 1.52. The summed E-state index contributed by atoms with van der Waals surface area (Å²) >= 11 is 1.48. The van der Waals surface area contributed by atoms with E-state index in [1.54, 1.807) is 0 Å². The second-order valence-corrected chi connectivity index (χ2v) is 6.47. The first kappa shape index (κ1) is 14.5. The summed E-state index contributed by atoms with van der Waals surface area (Å²) in [6, 6.07) is 7.19. The molecule has 0 fully saturated rings. The van der Waals surface area contributed by atoms with Crippen LogP contribution in [0.3, 0.4) is 0 Å². The Morgan fingerprint density at radius 1 is 1.35 bits per heavy atom. The van der Waals surface area contributed by atoms with Gasteiger partial charge in [-0.15, -0.1) is 11.3 Å². The van der Waals surface area contributed by atoms with Gasteiger partial charge in [-0.25, -0.2) is 18.4 Å². The van der Waals surface area contributed by atoms with Gasteiger partial charge in [-0.05, 0) is 29.6 Å². The minimum atomic E-state index is -3.95. The van der Waals surface area contributed by atoms with Gasteiger partial charge in [0.25, 0.3) is 0 Å². The molecule has 1 aromatic heterocycles. The van der Waals surface area contributed by atoms with Crippen molar-refractivity contribution in [2.45, 2.75) is 11.5 Å². The number of ether oxygens (including phenoxy) is 1. The molecule has 1 heterocycles. The largest absolute Gasteiger partial charge is 0.487 e. The van der Waals surface area contributed by atoms with Crippen LogP contribution in [0.15, 0.2) is 40.6 Å².